The summed E-state index contributed by atoms with van der Waals surface area (Å²) in [4.78, 5) is 12.6. The molecule has 0 spiro atoms. The Morgan fingerprint density at radius 1 is 1.07 bits per heavy atom. The molecule has 0 unspecified atom stereocenters. The van der Waals surface area contributed by atoms with Crippen molar-refractivity contribution in [3.05, 3.63) is 76.9 Å². The highest BCUT2D eigenvalue weighted by molar-refractivity contribution is 5.83. The number of nitrogens with zero attached hydrogens (tertiary/aromatic N) is 2. The van der Waals surface area contributed by atoms with Crippen LogP contribution in [0.4, 0.5) is 4.79 Å². The molecule has 3 rings (SSSR count). The highest BCUT2D eigenvalue weighted by Gasteiger charge is 2.37. The zero-order chi connectivity index (χ0) is 21.0. The number of hydrogen-bond acceptors (Lipinski definition) is 4. The van der Waals surface area contributed by atoms with Crippen LogP contribution in [-0.4, -0.2) is 11.7 Å². The monoisotopic (exact) mass is 385 g/mol. The first-order valence-electron chi connectivity index (χ1n) is 9.51. The van der Waals surface area contributed by atoms with Crippen LogP contribution in [0.2, 0.25) is 0 Å². The molecule has 1 amide bonds. The van der Waals surface area contributed by atoms with Crippen molar-refractivity contribution in [3.63, 3.8) is 0 Å². The van der Waals surface area contributed by atoms with Crippen molar-refractivity contribution in [1.29, 1.82) is 10.5 Å². The molecule has 2 atom stereocenters. The molecule has 0 fully saturated rings. The van der Waals surface area contributed by atoms with E-state index < -0.39 is 17.7 Å². The van der Waals surface area contributed by atoms with Gasteiger partial charge in [0, 0.05) is 5.92 Å². The molecule has 146 valence electrons. The standard InChI is InChI=1S/C24H23N3O2/c1-24(2,3)29-23(28)27-22(16-9-5-4-6-10-16)20-13-17-11-7-8-12-19(17)21(20)18(14-25)15-26/h4-12,20,22H,13H2,1-3H3,(H,27,28)/t20-,22-/m0/s1. The average Bonchev–Trinajstić information content (AvgIpc) is 3.06. The van der Waals surface area contributed by atoms with Gasteiger partial charge in [0.2, 0.25) is 0 Å². The first-order chi connectivity index (χ1) is 13.8. The van der Waals surface area contributed by atoms with Gasteiger partial charge in [-0.2, -0.15) is 10.5 Å². The van der Waals surface area contributed by atoms with Crippen molar-refractivity contribution in [2.45, 2.75) is 38.8 Å². The number of benzene rings is 2. The van der Waals surface area contributed by atoms with Gasteiger partial charge in [0.05, 0.1) is 6.04 Å². The third-order valence-electron chi connectivity index (χ3n) is 4.84. The van der Waals surface area contributed by atoms with Gasteiger partial charge in [-0.25, -0.2) is 4.79 Å². The van der Waals surface area contributed by atoms with Crippen molar-refractivity contribution in [1.82, 2.24) is 5.32 Å². The van der Waals surface area contributed by atoms with Crippen molar-refractivity contribution >= 4 is 11.7 Å². The van der Waals surface area contributed by atoms with E-state index in [2.05, 4.69) is 5.32 Å². The largest absolute Gasteiger partial charge is 0.444 e. The number of carbonyl (C=O) groups excluding carboxylic acids is 1. The normalized spacial score (nSPS) is 16.2. The fourth-order valence-electron chi connectivity index (χ4n) is 3.76. The Bertz CT molecular complexity index is 1000. The molecule has 0 saturated heterocycles. The number of alkyl carbamates (subject to hydrolysis) is 1. The minimum absolute atomic E-state index is 0.0758. The lowest BCUT2D eigenvalue weighted by molar-refractivity contribution is 0.0493. The molecule has 2 aromatic carbocycles. The molecule has 0 aliphatic heterocycles. The molecular formula is C24H23N3O2. The SMILES string of the molecule is CC(C)(C)OC(=O)N[C@@H](c1ccccc1)[C@H]1Cc2ccccc2C1=C(C#N)C#N. The van der Waals surface area contributed by atoms with Crippen LogP contribution >= 0.6 is 0 Å². The highest BCUT2D eigenvalue weighted by atomic mass is 16.6. The van der Waals surface area contributed by atoms with Crippen molar-refractivity contribution < 1.29 is 9.53 Å². The Morgan fingerprint density at radius 2 is 1.69 bits per heavy atom. The average molecular weight is 385 g/mol. The number of ether oxygens (including phenoxy) is 1. The number of allylic oxidation sites excluding steroid dienone is 1. The molecule has 29 heavy (non-hydrogen) atoms. The third kappa shape index (κ3) is 4.47. The van der Waals surface area contributed by atoms with E-state index in [1.54, 1.807) is 0 Å². The molecule has 0 radical (unpaired) electrons. The first-order valence-corrected chi connectivity index (χ1v) is 9.51. The van der Waals surface area contributed by atoms with E-state index in [0.717, 1.165) is 16.7 Å². The smallest absolute Gasteiger partial charge is 0.408 e. The van der Waals surface area contributed by atoms with Crippen LogP contribution in [0.3, 0.4) is 0 Å². The molecule has 0 aromatic heterocycles. The van der Waals surface area contributed by atoms with Crippen LogP contribution in [0.1, 0.15) is 43.5 Å². The van der Waals surface area contributed by atoms with Gasteiger partial charge in [0.1, 0.15) is 23.3 Å². The number of carbonyl (C=O) groups is 1. The second-order valence-electron chi connectivity index (χ2n) is 8.01. The minimum atomic E-state index is -0.632. The zero-order valence-corrected chi connectivity index (χ0v) is 16.8. The van der Waals surface area contributed by atoms with E-state index in [9.17, 15) is 15.3 Å². The highest BCUT2D eigenvalue weighted by Crippen LogP contribution is 2.45. The lowest BCUT2D eigenvalue weighted by Gasteiger charge is -2.28. The predicted molar refractivity (Wildman–Crippen MR) is 110 cm³/mol. The molecule has 0 bridgehead atoms. The maximum absolute atomic E-state index is 12.6. The van der Waals surface area contributed by atoms with Crippen molar-refractivity contribution in [2.24, 2.45) is 5.92 Å². The quantitative estimate of drug-likeness (QED) is 0.759. The van der Waals surface area contributed by atoms with Gasteiger partial charge in [-0.05, 0) is 49.5 Å². The number of hydrogen-bond donors (Lipinski definition) is 1. The Labute approximate surface area is 171 Å². The first kappa shape index (κ1) is 20.2. The summed E-state index contributed by atoms with van der Waals surface area (Å²) < 4.78 is 5.48. The van der Waals surface area contributed by atoms with Crippen molar-refractivity contribution in [2.75, 3.05) is 0 Å². The van der Waals surface area contributed by atoms with Gasteiger partial charge in [-0.15, -0.1) is 0 Å². The van der Waals surface area contributed by atoms with Crippen LogP contribution in [0.5, 0.6) is 0 Å². The van der Waals surface area contributed by atoms with E-state index in [1.807, 2.05) is 87.5 Å². The van der Waals surface area contributed by atoms with E-state index in [-0.39, 0.29) is 11.5 Å². The fourth-order valence-corrected chi connectivity index (χ4v) is 3.76. The van der Waals surface area contributed by atoms with E-state index in [1.165, 1.54) is 0 Å². The van der Waals surface area contributed by atoms with Crippen LogP contribution in [0, 0.1) is 28.6 Å². The molecule has 2 aromatic rings. The second kappa shape index (κ2) is 8.20. The number of amides is 1. The van der Waals surface area contributed by atoms with Gasteiger partial charge in [0.15, 0.2) is 0 Å². The Morgan fingerprint density at radius 3 is 2.31 bits per heavy atom. The third-order valence-corrected chi connectivity index (χ3v) is 4.84. The Hall–Kier alpha value is -3.57. The van der Waals surface area contributed by atoms with E-state index in [0.29, 0.717) is 12.0 Å². The molecule has 5 nitrogen and oxygen atoms in total. The number of rotatable bonds is 3. The topological polar surface area (TPSA) is 85.9 Å². The summed E-state index contributed by atoms with van der Waals surface area (Å²) in [7, 11) is 0. The fraction of sp³-hybridized carbons (Fsp3) is 0.292. The minimum Gasteiger partial charge on any atom is -0.444 e. The molecule has 1 N–H and O–H groups in total. The summed E-state index contributed by atoms with van der Waals surface area (Å²) in [6.45, 7) is 5.43. The van der Waals surface area contributed by atoms with E-state index in [4.69, 9.17) is 4.74 Å². The molecule has 5 heteroatoms. The maximum atomic E-state index is 12.6. The molecular weight excluding hydrogens is 362 g/mol. The lowest BCUT2D eigenvalue weighted by Crippen LogP contribution is -2.38. The van der Waals surface area contributed by atoms with Crippen LogP contribution < -0.4 is 5.32 Å². The lowest BCUT2D eigenvalue weighted by atomic mass is 9.85. The summed E-state index contributed by atoms with van der Waals surface area (Å²) in [6.07, 6.45) is 0.0883. The molecule has 1 aliphatic carbocycles. The van der Waals surface area contributed by atoms with Crippen LogP contribution in [-0.2, 0) is 11.2 Å². The van der Waals surface area contributed by atoms with Crippen molar-refractivity contribution in [3.8, 4) is 12.1 Å². The van der Waals surface area contributed by atoms with Crippen LogP contribution in [0.15, 0.2) is 60.2 Å². The number of nitriles is 2. The van der Waals surface area contributed by atoms with Gasteiger partial charge < -0.3 is 10.1 Å². The summed E-state index contributed by atoms with van der Waals surface area (Å²) >= 11 is 0. The Balaban J connectivity index is 2.08. The molecule has 1 aliphatic rings. The van der Waals surface area contributed by atoms with Gasteiger partial charge >= 0.3 is 6.09 Å². The van der Waals surface area contributed by atoms with Gasteiger partial charge in [-0.1, -0.05) is 54.6 Å². The Kier molecular flexibility index (Phi) is 5.71. The second-order valence-corrected chi connectivity index (χ2v) is 8.01. The van der Waals surface area contributed by atoms with E-state index >= 15 is 0 Å². The molecule has 0 heterocycles. The predicted octanol–water partition coefficient (Wildman–Crippen LogP) is 4.93. The summed E-state index contributed by atoms with van der Waals surface area (Å²) in [5.41, 5.74) is 2.96. The number of fused-ring (bicyclic) bond motifs is 1. The summed E-state index contributed by atoms with van der Waals surface area (Å²) in [5, 5.41) is 22.1. The molecule has 0 saturated carbocycles. The van der Waals surface area contributed by atoms with Crippen LogP contribution in [0.25, 0.3) is 5.57 Å². The van der Waals surface area contributed by atoms with Gasteiger partial charge in [0.25, 0.3) is 0 Å². The van der Waals surface area contributed by atoms with Gasteiger partial charge in [-0.3, -0.25) is 0 Å². The summed E-state index contributed by atoms with van der Waals surface area (Å²) in [5.74, 6) is -0.253. The number of nitrogens with one attached hydrogen (secondary N) is 1. The summed E-state index contributed by atoms with van der Waals surface area (Å²) in [6, 6.07) is 21.0. The zero-order valence-electron chi connectivity index (χ0n) is 16.8. The maximum Gasteiger partial charge on any atom is 0.408 e.